The predicted molar refractivity (Wildman–Crippen MR) is 96.6 cm³/mol. The normalized spacial score (nSPS) is 14.9. The number of nitrogens with zero attached hydrogens (tertiary/aromatic N) is 2. The number of primary amides is 1. The van der Waals surface area contributed by atoms with E-state index in [-0.39, 0.29) is 0 Å². The molecule has 0 saturated carbocycles. The number of morpholine rings is 1. The summed E-state index contributed by atoms with van der Waals surface area (Å²) >= 11 is 1.57. The zero-order valence-corrected chi connectivity index (χ0v) is 13.9. The van der Waals surface area contributed by atoms with E-state index in [1.54, 1.807) is 17.5 Å². The first-order chi connectivity index (χ1) is 11.7. The van der Waals surface area contributed by atoms with Gasteiger partial charge in [-0.05, 0) is 23.8 Å². The average molecular weight is 339 g/mol. The molecule has 1 aliphatic heterocycles. The molecule has 0 unspecified atom stereocenters. The summed E-state index contributed by atoms with van der Waals surface area (Å²) in [5.41, 5.74) is 8.26. The number of rotatable bonds is 3. The Balaban J connectivity index is 1.67. The first-order valence-electron chi connectivity index (χ1n) is 7.83. The number of hydrogen-bond acceptors (Lipinski definition) is 5. The molecular weight excluding hydrogens is 322 g/mol. The molecule has 4 rings (SSSR count). The minimum Gasteiger partial charge on any atom is -0.378 e. The number of nitrogens with two attached hydrogens (primary N) is 1. The number of pyridine rings is 1. The van der Waals surface area contributed by atoms with Crippen molar-refractivity contribution in [2.24, 2.45) is 5.73 Å². The van der Waals surface area contributed by atoms with Gasteiger partial charge in [-0.25, -0.2) is 0 Å². The highest BCUT2D eigenvalue weighted by Gasteiger charge is 2.13. The number of carbonyl (C=O) groups is 1. The Morgan fingerprint density at radius 2 is 1.92 bits per heavy atom. The highest BCUT2D eigenvalue weighted by Crippen LogP contribution is 2.35. The van der Waals surface area contributed by atoms with Crippen LogP contribution in [-0.4, -0.2) is 37.2 Å². The van der Waals surface area contributed by atoms with Crippen LogP contribution in [0.15, 0.2) is 42.7 Å². The number of hydrogen-bond donors (Lipinski definition) is 1. The number of benzene rings is 1. The summed E-state index contributed by atoms with van der Waals surface area (Å²) < 4.78 is 6.29. The van der Waals surface area contributed by atoms with Gasteiger partial charge in [0.1, 0.15) is 0 Å². The third-order valence-corrected chi connectivity index (χ3v) is 5.45. The number of ether oxygens (including phenoxy) is 1. The topological polar surface area (TPSA) is 68.5 Å². The van der Waals surface area contributed by atoms with E-state index in [0.717, 1.165) is 46.8 Å². The van der Waals surface area contributed by atoms with Gasteiger partial charge in [-0.3, -0.25) is 9.78 Å². The van der Waals surface area contributed by atoms with Crippen molar-refractivity contribution < 1.29 is 9.53 Å². The molecule has 0 bridgehead atoms. The minimum absolute atomic E-state index is 0.441. The lowest BCUT2D eigenvalue weighted by Crippen LogP contribution is -2.36. The largest absolute Gasteiger partial charge is 0.378 e. The molecule has 0 spiro atoms. The average Bonchev–Trinajstić information content (AvgIpc) is 3.06. The van der Waals surface area contributed by atoms with Crippen molar-refractivity contribution in [3.05, 3.63) is 48.3 Å². The molecule has 1 saturated heterocycles. The molecule has 1 aliphatic rings. The molecule has 5 nitrogen and oxygen atoms in total. The van der Waals surface area contributed by atoms with Crippen molar-refractivity contribution in [3.63, 3.8) is 0 Å². The summed E-state index contributed by atoms with van der Waals surface area (Å²) in [6.45, 7) is 3.41. The monoisotopic (exact) mass is 339 g/mol. The van der Waals surface area contributed by atoms with E-state index in [0.29, 0.717) is 5.56 Å². The molecule has 3 heterocycles. The molecular formula is C18H17N3O2S. The zero-order valence-electron chi connectivity index (χ0n) is 13.1. The third kappa shape index (κ3) is 2.74. The van der Waals surface area contributed by atoms with E-state index in [2.05, 4.69) is 40.2 Å². The summed E-state index contributed by atoms with van der Waals surface area (Å²) in [7, 11) is 0. The Labute approximate surface area is 143 Å². The fraction of sp³-hybridized carbons (Fsp3) is 0.222. The number of amides is 1. The molecule has 0 aliphatic carbocycles. The van der Waals surface area contributed by atoms with E-state index in [1.165, 1.54) is 11.9 Å². The summed E-state index contributed by atoms with van der Waals surface area (Å²) in [6.07, 6.45) is 3.30. The lowest BCUT2D eigenvalue weighted by molar-refractivity contribution is 0.100. The molecule has 0 radical (unpaired) electrons. The maximum atomic E-state index is 11.6. The number of carbonyl (C=O) groups excluding carboxylic acids is 1. The lowest BCUT2D eigenvalue weighted by atomic mass is 10.1. The quantitative estimate of drug-likeness (QED) is 0.797. The highest BCUT2D eigenvalue weighted by molar-refractivity contribution is 7.22. The van der Waals surface area contributed by atoms with Crippen molar-refractivity contribution in [1.82, 2.24) is 4.98 Å². The molecule has 0 atom stereocenters. The molecule has 2 N–H and O–H groups in total. The second kappa shape index (κ2) is 6.22. The number of aromatic nitrogens is 1. The maximum Gasteiger partial charge on any atom is 0.251 e. The van der Waals surface area contributed by atoms with Crippen molar-refractivity contribution in [2.75, 3.05) is 31.2 Å². The van der Waals surface area contributed by atoms with Crippen LogP contribution in [0.4, 0.5) is 5.69 Å². The van der Waals surface area contributed by atoms with Crippen LogP contribution in [0.25, 0.3) is 20.5 Å². The molecule has 6 heteroatoms. The van der Waals surface area contributed by atoms with Crippen molar-refractivity contribution in [2.45, 2.75) is 0 Å². The van der Waals surface area contributed by atoms with Gasteiger partial charge in [-0.15, -0.1) is 11.3 Å². The van der Waals surface area contributed by atoms with E-state index in [9.17, 15) is 4.79 Å². The summed E-state index contributed by atoms with van der Waals surface area (Å²) in [6, 6.07) is 10.6. The smallest absolute Gasteiger partial charge is 0.251 e. The number of thiophene rings is 1. The molecule has 2 aromatic heterocycles. The van der Waals surface area contributed by atoms with Crippen molar-refractivity contribution in [3.8, 4) is 10.4 Å². The van der Waals surface area contributed by atoms with E-state index < -0.39 is 5.91 Å². The molecule has 24 heavy (non-hydrogen) atoms. The lowest BCUT2D eigenvalue weighted by Gasteiger charge is -2.28. The molecule has 1 aromatic carbocycles. The highest BCUT2D eigenvalue weighted by atomic mass is 32.1. The maximum absolute atomic E-state index is 11.6. The predicted octanol–water partition coefficient (Wildman–Crippen LogP) is 2.90. The van der Waals surface area contributed by atoms with E-state index in [1.807, 2.05) is 0 Å². The SMILES string of the molecule is NC(=O)c1cncc2cc(-c3ccc(N4CCOCC4)cc3)sc12. The van der Waals surface area contributed by atoms with Crippen LogP contribution in [0.1, 0.15) is 10.4 Å². The van der Waals surface area contributed by atoms with Gasteiger partial charge in [0, 0.05) is 41.4 Å². The van der Waals surface area contributed by atoms with Gasteiger partial charge in [0.15, 0.2) is 0 Å². The third-order valence-electron chi connectivity index (χ3n) is 4.22. The van der Waals surface area contributed by atoms with Crippen LogP contribution in [0.5, 0.6) is 0 Å². The summed E-state index contributed by atoms with van der Waals surface area (Å²) in [5, 5.41) is 0.948. The second-order valence-electron chi connectivity index (χ2n) is 5.73. The van der Waals surface area contributed by atoms with Gasteiger partial charge in [-0.2, -0.15) is 0 Å². The Hall–Kier alpha value is -2.44. The molecule has 122 valence electrons. The van der Waals surface area contributed by atoms with E-state index in [4.69, 9.17) is 10.5 Å². The Bertz CT molecular complexity index is 883. The summed E-state index contributed by atoms with van der Waals surface area (Å²) in [5.74, 6) is -0.441. The number of anilines is 1. The number of fused-ring (bicyclic) bond motifs is 1. The molecule has 1 fully saturated rings. The Morgan fingerprint density at radius 1 is 1.17 bits per heavy atom. The van der Waals surface area contributed by atoms with Crippen LogP contribution >= 0.6 is 11.3 Å². The minimum atomic E-state index is -0.441. The summed E-state index contributed by atoms with van der Waals surface area (Å²) in [4.78, 5) is 19.1. The van der Waals surface area contributed by atoms with Gasteiger partial charge in [0.2, 0.25) is 0 Å². The second-order valence-corrected chi connectivity index (χ2v) is 6.78. The Kier molecular flexibility index (Phi) is 3.92. The van der Waals surface area contributed by atoms with Gasteiger partial charge < -0.3 is 15.4 Å². The van der Waals surface area contributed by atoms with Crippen LogP contribution in [0.3, 0.4) is 0 Å². The van der Waals surface area contributed by atoms with Gasteiger partial charge in [0.25, 0.3) is 5.91 Å². The molecule has 3 aromatic rings. The first-order valence-corrected chi connectivity index (χ1v) is 8.64. The van der Waals surface area contributed by atoms with Crippen LogP contribution in [0, 0.1) is 0 Å². The van der Waals surface area contributed by atoms with Crippen LogP contribution in [0.2, 0.25) is 0 Å². The van der Waals surface area contributed by atoms with Gasteiger partial charge in [-0.1, -0.05) is 12.1 Å². The fourth-order valence-electron chi connectivity index (χ4n) is 2.94. The van der Waals surface area contributed by atoms with Crippen LogP contribution < -0.4 is 10.6 Å². The van der Waals surface area contributed by atoms with Gasteiger partial charge in [0.05, 0.1) is 23.5 Å². The molecule has 1 amide bonds. The standard InChI is InChI=1S/C18H17N3O2S/c19-18(22)15-11-20-10-13-9-16(24-17(13)15)12-1-3-14(4-2-12)21-5-7-23-8-6-21/h1-4,9-11H,5-8H2,(H2,19,22). The van der Waals surface area contributed by atoms with Crippen molar-refractivity contribution in [1.29, 1.82) is 0 Å². The van der Waals surface area contributed by atoms with E-state index >= 15 is 0 Å². The fourth-order valence-corrected chi connectivity index (χ4v) is 4.09. The zero-order chi connectivity index (χ0) is 16.5. The van der Waals surface area contributed by atoms with Gasteiger partial charge >= 0.3 is 0 Å². The first kappa shape index (κ1) is 15.1. The Morgan fingerprint density at radius 3 is 2.62 bits per heavy atom. The van der Waals surface area contributed by atoms with Crippen molar-refractivity contribution >= 4 is 33.0 Å². The van der Waals surface area contributed by atoms with Crippen LogP contribution in [-0.2, 0) is 4.74 Å².